The Morgan fingerprint density at radius 3 is 2.48 bits per heavy atom. The van der Waals surface area contributed by atoms with E-state index in [1.165, 1.54) is 11.8 Å². The van der Waals surface area contributed by atoms with E-state index in [0.29, 0.717) is 27.8 Å². The lowest BCUT2D eigenvalue weighted by atomic mass is 10.1. The summed E-state index contributed by atoms with van der Waals surface area (Å²) >= 11 is 2.29. The first kappa shape index (κ1) is 24.5. The highest BCUT2D eigenvalue weighted by Crippen LogP contribution is 2.34. The van der Waals surface area contributed by atoms with Crippen LogP contribution in [0, 0.1) is 13.8 Å². The van der Waals surface area contributed by atoms with Crippen LogP contribution in [0.5, 0.6) is 0 Å². The van der Waals surface area contributed by atoms with Gasteiger partial charge in [-0.15, -0.1) is 21.5 Å². The third-order valence-electron chi connectivity index (χ3n) is 4.67. The molecule has 0 unspecified atom stereocenters. The Hall–Kier alpha value is -3.18. The van der Waals surface area contributed by atoms with E-state index in [9.17, 15) is 14.4 Å². The van der Waals surface area contributed by atoms with Gasteiger partial charge in [0.1, 0.15) is 10.8 Å². The number of hydrogen-bond donors (Lipinski definition) is 2. The molecule has 2 N–H and O–H groups in total. The lowest BCUT2D eigenvalue weighted by Gasteiger charge is -2.07. The molecule has 3 aromatic rings. The van der Waals surface area contributed by atoms with Crippen LogP contribution in [0.4, 0.5) is 10.7 Å². The summed E-state index contributed by atoms with van der Waals surface area (Å²) < 4.78 is 7.07. The molecule has 0 aliphatic heterocycles. The summed E-state index contributed by atoms with van der Waals surface area (Å²) in [5.74, 6) is -0.439. The van der Waals surface area contributed by atoms with Gasteiger partial charge in [0.2, 0.25) is 5.91 Å². The fourth-order valence-corrected chi connectivity index (χ4v) is 5.06. The van der Waals surface area contributed by atoms with Crippen molar-refractivity contribution in [1.29, 1.82) is 0 Å². The first-order chi connectivity index (χ1) is 15.8. The Labute approximate surface area is 199 Å². The summed E-state index contributed by atoms with van der Waals surface area (Å²) in [6.07, 6.45) is 0. The molecule has 0 saturated carbocycles. The number of rotatable bonds is 9. The number of thiophene rings is 1. The van der Waals surface area contributed by atoms with Gasteiger partial charge >= 0.3 is 5.97 Å². The number of carbonyl (C=O) groups is 3. The van der Waals surface area contributed by atoms with Crippen molar-refractivity contribution in [2.24, 2.45) is 0 Å². The monoisotopic (exact) mass is 487 g/mol. The van der Waals surface area contributed by atoms with Gasteiger partial charge in [-0.1, -0.05) is 30.0 Å². The fraction of sp³-hybridized carbons (Fsp3) is 0.318. The molecule has 2 amide bonds. The number of nitrogens with zero attached hydrogens (tertiary/aromatic N) is 3. The molecule has 11 heteroatoms. The minimum Gasteiger partial charge on any atom is -0.462 e. The maximum atomic E-state index is 12.9. The number of aromatic nitrogens is 3. The molecule has 0 aliphatic carbocycles. The topological polar surface area (TPSA) is 115 Å². The first-order valence-corrected chi connectivity index (χ1v) is 12.1. The molecule has 33 heavy (non-hydrogen) atoms. The zero-order valence-electron chi connectivity index (χ0n) is 18.8. The molecule has 0 bridgehead atoms. The van der Waals surface area contributed by atoms with Crippen LogP contribution in [0.2, 0.25) is 0 Å². The number of nitrogens with one attached hydrogen (secondary N) is 2. The molecule has 1 aromatic carbocycles. The molecule has 9 nitrogen and oxygen atoms in total. The van der Waals surface area contributed by atoms with Crippen molar-refractivity contribution >= 4 is 51.6 Å². The van der Waals surface area contributed by atoms with Gasteiger partial charge in [-0.2, -0.15) is 0 Å². The van der Waals surface area contributed by atoms with Gasteiger partial charge in [0.15, 0.2) is 5.16 Å². The molecular formula is C22H25N5O4S2. The number of ether oxygens (including phenoxy) is 1. The Balaban J connectivity index is 1.80. The largest absolute Gasteiger partial charge is 0.462 e. The Morgan fingerprint density at radius 1 is 1.09 bits per heavy atom. The van der Waals surface area contributed by atoms with Crippen LogP contribution in [-0.2, 0) is 16.1 Å². The lowest BCUT2D eigenvalue weighted by molar-refractivity contribution is -0.113. The SMILES string of the molecule is CCOC(=O)c1c(NC(=O)CSc2nnc(C)n2CC)sc(C(=O)Nc2ccccc2)c1C. The van der Waals surface area contributed by atoms with Crippen molar-refractivity contribution in [1.82, 2.24) is 14.8 Å². The molecule has 3 rings (SSSR count). The van der Waals surface area contributed by atoms with Crippen LogP contribution in [0.25, 0.3) is 0 Å². The highest BCUT2D eigenvalue weighted by Gasteiger charge is 2.27. The van der Waals surface area contributed by atoms with E-state index in [1.807, 2.05) is 36.6 Å². The Kier molecular flexibility index (Phi) is 8.23. The molecule has 0 saturated heterocycles. The van der Waals surface area contributed by atoms with Gasteiger partial charge < -0.3 is 19.9 Å². The summed E-state index contributed by atoms with van der Waals surface area (Å²) in [6.45, 7) is 8.06. The zero-order valence-corrected chi connectivity index (χ0v) is 20.4. The fourth-order valence-electron chi connectivity index (χ4n) is 3.10. The van der Waals surface area contributed by atoms with Gasteiger partial charge in [0, 0.05) is 12.2 Å². The summed E-state index contributed by atoms with van der Waals surface area (Å²) in [6, 6.07) is 9.00. The highest BCUT2D eigenvalue weighted by atomic mass is 32.2. The van der Waals surface area contributed by atoms with Gasteiger partial charge in [0.05, 0.1) is 22.8 Å². The van der Waals surface area contributed by atoms with E-state index in [-0.39, 0.29) is 34.7 Å². The third-order valence-corrected chi connectivity index (χ3v) is 6.84. The Morgan fingerprint density at radius 2 is 1.82 bits per heavy atom. The summed E-state index contributed by atoms with van der Waals surface area (Å²) in [4.78, 5) is 38.5. The molecule has 0 spiro atoms. The van der Waals surface area contributed by atoms with Crippen LogP contribution >= 0.6 is 23.1 Å². The van der Waals surface area contributed by atoms with Gasteiger partial charge in [-0.05, 0) is 45.4 Å². The summed E-state index contributed by atoms with van der Waals surface area (Å²) in [7, 11) is 0. The molecule has 0 fully saturated rings. The van der Waals surface area contributed by atoms with Crippen molar-refractivity contribution in [3.63, 3.8) is 0 Å². The van der Waals surface area contributed by atoms with Gasteiger partial charge in [0.25, 0.3) is 5.91 Å². The minimum atomic E-state index is -0.589. The normalized spacial score (nSPS) is 10.7. The summed E-state index contributed by atoms with van der Waals surface area (Å²) in [5, 5.41) is 14.6. The van der Waals surface area contributed by atoms with Crippen LogP contribution in [-0.4, -0.2) is 44.9 Å². The number of aryl methyl sites for hydroxylation is 1. The van der Waals surface area contributed by atoms with E-state index in [1.54, 1.807) is 26.0 Å². The molecule has 174 valence electrons. The van der Waals surface area contributed by atoms with Crippen molar-refractivity contribution < 1.29 is 19.1 Å². The van der Waals surface area contributed by atoms with Gasteiger partial charge in [-0.3, -0.25) is 9.59 Å². The van der Waals surface area contributed by atoms with E-state index in [0.717, 1.165) is 17.2 Å². The number of carbonyl (C=O) groups excluding carboxylic acids is 3. The maximum Gasteiger partial charge on any atom is 0.341 e. The van der Waals surface area contributed by atoms with Crippen LogP contribution in [0.1, 0.15) is 45.3 Å². The van der Waals surface area contributed by atoms with E-state index < -0.39 is 5.97 Å². The second kappa shape index (κ2) is 11.1. The predicted octanol–water partition coefficient (Wildman–Crippen LogP) is 4.14. The van der Waals surface area contributed by atoms with Gasteiger partial charge in [-0.25, -0.2) is 4.79 Å². The summed E-state index contributed by atoms with van der Waals surface area (Å²) in [5.41, 5.74) is 1.27. The number of para-hydroxylation sites is 1. The smallest absolute Gasteiger partial charge is 0.341 e. The predicted molar refractivity (Wildman–Crippen MR) is 129 cm³/mol. The van der Waals surface area contributed by atoms with E-state index in [4.69, 9.17) is 4.74 Å². The number of thioether (sulfide) groups is 1. The maximum absolute atomic E-state index is 12.9. The third kappa shape index (κ3) is 5.79. The highest BCUT2D eigenvalue weighted by molar-refractivity contribution is 7.99. The quantitative estimate of drug-likeness (QED) is 0.344. The first-order valence-electron chi connectivity index (χ1n) is 10.3. The molecule has 0 atom stereocenters. The number of anilines is 2. The molecule has 0 aliphatic rings. The van der Waals surface area contributed by atoms with Crippen LogP contribution < -0.4 is 10.6 Å². The van der Waals surface area contributed by atoms with Crippen molar-refractivity contribution in [2.45, 2.75) is 39.4 Å². The number of hydrogen-bond acceptors (Lipinski definition) is 8. The molecule has 2 heterocycles. The van der Waals surface area contributed by atoms with Crippen molar-refractivity contribution in [2.75, 3.05) is 23.0 Å². The second-order valence-electron chi connectivity index (χ2n) is 6.91. The minimum absolute atomic E-state index is 0.0723. The zero-order chi connectivity index (χ0) is 24.0. The van der Waals surface area contributed by atoms with Crippen molar-refractivity contribution in [3.05, 3.63) is 52.2 Å². The lowest BCUT2D eigenvalue weighted by Crippen LogP contribution is -2.17. The van der Waals surface area contributed by atoms with Crippen LogP contribution in [0.15, 0.2) is 35.5 Å². The number of amides is 2. The van der Waals surface area contributed by atoms with E-state index >= 15 is 0 Å². The average Bonchev–Trinajstić information content (AvgIpc) is 3.31. The average molecular weight is 488 g/mol. The second-order valence-corrected chi connectivity index (χ2v) is 8.87. The number of benzene rings is 1. The van der Waals surface area contributed by atoms with Crippen molar-refractivity contribution in [3.8, 4) is 0 Å². The molecule has 0 radical (unpaired) electrons. The number of esters is 1. The molecule has 2 aromatic heterocycles. The standard InChI is InChI=1S/C22H25N5O4S2/c1-5-27-14(4)25-26-22(27)32-12-16(28)24-20-17(21(30)31-6-2)13(3)18(33-20)19(29)23-15-10-8-7-9-11-15/h7-11H,5-6,12H2,1-4H3,(H,23,29)(H,24,28). The Bertz CT molecular complexity index is 1160. The van der Waals surface area contributed by atoms with E-state index in [2.05, 4.69) is 20.8 Å². The van der Waals surface area contributed by atoms with Crippen LogP contribution in [0.3, 0.4) is 0 Å². The molecular weight excluding hydrogens is 462 g/mol.